The number of carboxylic acids is 1. The summed E-state index contributed by atoms with van der Waals surface area (Å²) in [6.45, 7) is 8.68. The van der Waals surface area contributed by atoms with Crippen LogP contribution in [0.4, 0.5) is 0 Å². The minimum absolute atomic E-state index is 0.0846. The van der Waals surface area contributed by atoms with Gasteiger partial charge in [-0.15, -0.1) is 0 Å². The molecule has 0 aliphatic carbocycles. The van der Waals surface area contributed by atoms with Gasteiger partial charge in [0.2, 0.25) is 17.7 Å². The highest BCUT2D eigenvalue weighted by Crippen LogP contribution is 2.11. The zero-order valence-corrected chi connectivity index (χ0v) is 19.8. The van der Waals surface area contributed by atoms with E-state index >= 15 is 0 Å². The quantitative estimate of drug-likeness (QED) is 0.202. The van der Waals surface area contributed by atoms with Crippen molar-refractivity contribution < 1.29 is 24.3 Å². The Morgan fingerprint density at radius 3 is 2.16 bits per heavy atom. The van der Waals surface area contributed by atoms with E-state index in [2.05, 4.69) is 21.3 Å². The van der Waals surface area contributed by atoms with Crippen molar-refractivity contribution in [1.29, 1.82) is 0 Å². The first-order valence-electron chi connectivity index (χ1n) is 11.6. The second kappa shape index (κ2) is 14.1. The monoisotopic (exact) mass is 455 g/mol. The average molecular weight is 456 g/mol. The number of nitrogens with one attached hydrogen (secondary N) is 4. The Hall–Kier alpha value is -2.20. The normalized spacial score (nSPS) is 18.8. The molecule has 0 aromatic carbocycles. The Morgan fingerprint density at radius 1 is 1.00 bits per heavy atom. The molecule has 32 heavy (non-hydrogen) atoms. The van der Waals surface area contributed by atoms with E-state index in [4.69, 9.17) is 5.73 Å². The number of hydrogen-bond donors (Lipinski definition) is 6. The maximum absolute atomic E-state index is 13.0. The lowest BCUT2D eigenvalue weighted by Gasteiger charge is -2.27. The second-order valence-corrected chi connectivity index (χ2v) is 9.25. The van der Waals surface area contributed by atoms with E-state index < -0.39 is 35.9 Å². The van der Waals surface area contributed by atoms with Gasteiger partial charge in [-0.25, -0.2) is 4.79 Å². The molecule has 1 rings (SSSR count). The molecule has 7 N–H and O–H groups in total. The maximum Gasteiger partial charge on any atom is 0.326 e. The van der Waals surface area contributed by atoms with Gasteiger partial charge >= 0.3 is 5.97 Å². The van der Waals surface area contributed by atoms with Crippen LogP contribution in [0.5, 0.6) is 0 Å². The second-order valence-electron chi connectivity index (χ2n) is 9.25. The summed E-state index contributed by atoms with van der Waals surface area (Å²) in [4.78, 5) is 49.9. The van der Waals surface area contributed by atoms with Crippen LogP contribution in [0.25, 0.3) is 0 Å². The molecule has 4 atom stereocenters. The van der Waals surface area contributed by atoms with Gasteiger partial charge in [-0.05, 0) is 63.5 Å². The number of carboxylic acid groups (broad SMARTS) is 1. The van der Waals surface area contributed by atoms with Gasteiger partial charge in [-0.2, -0.15) is 0 Å². The zero-order chi connectivity index (χ0) is 24.3. The third kappa shape index (κ3) is 9.52. The number of amides is 3. The van der Waals surface area contributed by atoms with Crippen LogP contribution in [0.1, 0.15) is 66.2 Å². The summed E-state index contributed by atoms with van der Waals surface area (Å²) < 4.78 is 0. The van der Waals surface area contributed by atoms with Crippen molar-refractivity contribution in [1.82, 2.24) is 21.3 Å². The fourth-order valence-corrected chi connectivity index (χ4v) is 3.68. The van der Waals surface area contributed by atoms with E-state index in [1.807, 2.05) is 27.7 Å². The summed E-state index contributed by atoms with van der Waals surface area (Å²) in [6, 6.07) is -3.06. The van der Waals surface area contributed by atoms with Gasteiger partial charge in [0.05, 0.1) is 6.04 Å². The molecule has 10 heteroatoms. The SMILES string of the molecule is CC(C)C[C@H](NC(=O)[C@@H](NC(=O)[C@@H]1CCCN1)C(C)C)C(=O)N[C@@H](CCCCN)C(=O)O. The largest absolute Gasteiger partial charge is 0.480 e. The van der Waals surface area contributed by atoms with Crippen molar-refractivity contribution in [2.24, 2.45) is 17.6 Å². The first-order valence-corrected chi connectivity index (χ1v) is 11.6. The summed E-state index contributed by atoms with van der Waals surface area (Å²) in [6.07, 6.45) is 3.47. The third-order valence-corrected chi connectivity index (χ3v) is 5.53. The number of carbonyl (C=O) groups excluding carboxylic acids is 3. The number of unbranched alkanes of at least 4 members (excludes halogenated alkanes) is 1. The lowest BCUT2D eigenvalue weighted by atomic mass is 9.99. The lowest BCUT2D eigenvalue weighted by molar-refractivity contribution is -0.142. The molecular formula is C22H41N5O5. The van der Waals surface area contributed by atoms with Gasteiger partial charge in [0.25, 0.3) is 0 Å². The minimum atomic E-state index is -1.12. The molecular weight excluding hydrogens is 414 g/mol. The standard InChI is InChI=1S/C22H41N5O5/c1-13(2)12-17(20(29)25-16(22(31)32)8-5-6-10-23)26-21(30)18(14(3)4)27-19(28)15-9-7-11-24-15/h13-18,24H,5-12,23H2,1-4H3,(H,25,29)(H,26,30)(H,27,28)(H,31,32)/t15-,16-,17-,18-/m0/s1. The molecule has 10 nitrogen and oxygen atoms in total. The topological polar surface area (TPSA) is 163 Å². The Bertz CT molecular complexity index is 634. The molecule has 0 aromatic heterocycles. The first kappa shape index (κ1) is 27.8. The highest BCUT2D eigenvalue weighted by Gasteiger charge is 2.32. The van der Waals surface area contributed by atoms with E-state index in [0.29, 0.717) is 25.8 Å². The lowest BCUT2D eigenvalue weighted by Crippen LogP contribution is -2.58. The predicted molar refractivity (Wildman–Crippen MR) is 122 cm³/mol. The molecule has 1 aliphatic heterocycles. The van der Waals surface area contributed by atoms with Crippen LogP contribution in [-0.4, -0.2) is 66.1 Å². The van der Waals surface area contributed by atoms with Crippen LogP contribution >= 0.6 is 0 Å². The summed E-state index contributed by atoms with van der Waals surface area (Å²) in [5.41, 5.74) is 5.46. The Balaban J connectivity index is 2.84. The number of aliphatic carboxylic acids is 1. The molecule has 1 aliphatic rings. The first-order chi connectivity index (χ1) is 15.1. The van der Waals surface area contributed by atoms with Crippen molar-refractivity contribution in [3.05, 3.63) is 0 Å². The Labute approximate surface area is 190 Å². The molecule has 3 amide bonds. The number of nitrogens with two attached hydrogens (primary N) is 1. The molecule has 0 unspecified atom stereocenters. The molecule has 1 heterocycles. The molecule has 1 fully saturated rings. The summed E-state index contributed by atoms with van der Waals surface area (Å²) in [5, 5.41) is 20.6. The molecule has 0 radical (unpaired) electrons. The van der Waals surface area contributed by atoms with Crippen LogP contribution in [-0.2, 0) is 19.2 Å². The van der Waals surface area contributed by atoms with Crippen molar-refractivity contribution in [2.45, 2.75) is 90.4 Å². The van der Waals surface area contributed by atoms with Crippen LogP contribution in [0.2, 0.25) is 0 Å². The highest BCUT2D eigenvalue weighted by atomic mass is 16.4. The summed E-state index contributed by atoms with van der Waals surface area (Å²) in [5.74, 6) is -2.46. The Kier molecular flexibility index (Phi) is 12.2. The van der Waals surface area contributed by atoms with Gasteiger partial charge in [0.1, 0.15) is 18.1 Å². The fourth-order valence-electron chi connectivity index (χ4n) is 3.68. The molecule has 0 aromatic rings. The number of carbonyl (C=O) groups is 4. The molecule has 0 spiro atoms. The summed E-state index contributed by atoms with van der Waals surface area (Å²) in [7, 11) is 0. The van der Waals surface area contributed by atoms with Crippen LogP contribution < -0.4 is 27.0 Å². The molecule has 0 bridgehead atoms. The van der Waals surface area contributed by atoms with E-state index in [1.54, 1.807) is 0 Å². The fraction of sp³-hybridized carbons (Fsp3) is 0.818. The van der Waals surface area contributed by atoms with Crippen molar-refractivity contribution >= 4 is 23.7 Å². The van der Waals surface area contributed by atoms with Crippen molar-refractivity contribution in [3.8, 4) is 0 Å². The third-order valence-electron chi connectivity index (χ3n) is 5.53. The van der Waals surface area contributed by atoms with Crippen molar-refractivity contribution in [2.75, 3.05) is 13.1 Å². The highest BCUT2D eigenvalue weighted by molar-refractivity contribution is 5.94. The molecule has 184 valence electrons. The zero-order valence-electron chi connectivity index (χ0n) is 19.8. The van der Waals surface area contributed by atoms with Gasteiger partial charge < -0.3 is 32.1 Å². The molecule has 0 saturated carbocycles. The number of hydrogen-bond acceptors (Lipinski definition) is 6. The van der Waals surface area contributed by atoms with Crippen LogP contribution in [0, 0.1) is 11.8 Å². The summed E-state index contributed by atoms with van der Waals surface area (Å²) >= 11 is 0. The Morgan fingerprint density at radius 2 is 1.66 bits per heavy atom. The van der Waals surface area contributed by atoms with Gasteiger partial charge in [0.15, 0.2) is 0 Å². The van der Waals surface area contributed by atoms with E-state index in [9.17, 15) is 24.3 Å². The average Bonchev–Trinajstić information content (AvgIpc) is 3.24. The number of rotatable bonds is 14. The van der Waals surface area contributed by atoms with E-state index in [0.717, 1.165) is 19.4 Å². The molecule has 1 saturated heterocycles. The smallest absolute Gasteiger partial charge is 0.326 e. The predicted octanol–water partition coefficient (Wildman–Crippen LogP) is 0.109. The van der Waals surface area contributed by atoms with Crippen LogP contribution in [0.3, 0.4) is 0 Å². The van der Waals surface area contributed by atoms with Crippen LogP contribution in [0.15, 0.2) is 0 Å². The maximum atomic E-state index is 13.0. The van der Waals surface area contributed by atoms with Gasteiger partial charge in [-0.1, -0.05) is 27.7 Å². The van der Waals surface area contributed by atoms with E-state index in [1.165, 1.54) is 0 Å². The van der Waals surface area contributed by atoms with Gasteiger partial charge in [-0.3, -0.25) is 14.4 Å². The minimum Gasteiger partial charge on any atom is -0.480 e. The van der Waals surface area contributed by atoms with Gasteiger partial charge in [0, 0.05) is 0 Å². The van der Waals surface area contributed by atoms with Crippen molar-refractivity contribution in [3.63, 3.8) is 0 Å². The van der Waals surface area contributed by atoms with E-state index in [-0.39, 0.29) is 30.2 Å².